The molecule has 0 unspecified atom stereocenters. The summed E-state index contributed by atoms with van der Waals surface area (Å²) >= 11 is 14.2. The molecule has 0 bridgehead atoms. The second-order valence-electron chi connectivity index (χ2n) is 1.63. The molecule has 0 aliphatic heterocycles. The molecule has 0 amide bonds. The molecule has 9 heavy (non-hydrogen) atoms. The molecular weight excluding hydrogens is 188 g/mol. The predicted molar refractivity (Wildman–Crippen MR) is 57.6 cm³/mol. The summed E-state index contributed by atoms with van der Waals surface area (Å²) in [6.45, 7) is 0. The third-order valence-electron chi connectivity index (χ3n) is 0.714. The lowest BCUT2D eigenvalue weighted by molar-refractivity contribution is 1.13. The van der Waals surface area contributed by atoms with Crippen molar-refractivity contribution in [2.75, 3.05) is 17.3 Å². The molecule has 0 radical (unpaired) electrons. The fourth-order valence-corrected chi connectivity index (χ4v) is 2.09. The molecule has 0 aromatic rings. The smallest absolute Gasteiger partial charge is 0.0532 e. The van der Waals surface area contributed by atoms with Gasteiger partial charge in [-0.15, -0.1) is 0 Å². The molecule has 0 N–H and O–H groups in total. The molecule has 0 spiro atoms. The molecule has 4 heteroatoms. The van der Waals surface area contributed by atoms with Crippen molar-refractivity contribution in [1.82, 2.24) is 0 Å². The number of hydrogen-bond acceptors (Lipinski definition) is 4. The van der Waals surface area contributed by atoms with Crippen LogP contribution in [-0.4, -0.2) is 21.8 Å². The van der Waals surface area contributed by atoms with Gasteiger partial charge in [0, 0.05) is 5.75 Å². The summed E-state index contributed by atoms with van der Waals surface area (Å²) in [5.41, 5.74) is 0. The van der Waals surface area contributed by atoms with Crippen molar-refractivity contribution >= 4 is 49.6 Å². The van der Waals surface area contributed by atoms with Gasteiger partial charge in [-0.1, -0.05) is 0 Å². The standard InChI is InChI=1S/C5H12S4/c6-2-1-3-9-4-5(7)8/h5-8H,1-4H2. The van der Waals surface area contributed by atoms with E-state index in [1.807, 2.05) is 11.8 Å². The van der Waals surface area contributed by atoms with Crippen molar-refractivity contribution in [1.29, 1.82) is 0 Å². The van der Waals surface area contributed by atoms with Crippen LogP contribution in [0.4, 0.5) is 0 Å². The van der Waals surface area contributed by atoms with Crippen molar-refractivity contribution in [2.45, 2.75) is 11.0 Å². The van der Waals surface area contributed by atoms with E-state index in [4.69, 9.17) is 0 Å². The topological polar surface area (TPSA) is 0 Å². The third kappa shape index (κ3) is 9.40. The molecule has 0 heterocycles. The molecule has 0 aliphatic carbocycles. The van der Waals surface area contributed by atoms with Gasteiger partial charge in [0.2, 0.25) is 0 Å². The Morgan fingerprint density at radius 1 is 1.33 bits per heavy atom. The number of thiol groups is 3. The Labute approximate surface area is 77.8 Å². The molecule has 0 nitrogen and oxygen atoms in total. The predicted octanol–water partition coefficient (Wildman–Crippen LogP) is 2.23. The summed E-state index contributed by atoms with van der Waals surface area (Å²) < 4.78 is 0.231. The summed E-state index contributed by atoms with van der Waals surface area (Å²) in [5, 5.41) is 0. The molecule has 0 atom stereocenters. The highest BCUT2D eigenvalue weighted by atomic mass is 32.2. The Hall–Kier alpha value is 1.40. The van der Waals surface area contributed by atoms with Crippen LogP contribution < -0.4 is 0 Å². The van der Waals surface area contributed by atoms with Gasteiger partial charge < -0.3 is 0 Å². The molecule has 0 aliphatic rings. The molecule has 56 valence electrons. The maximum atomic E-state index is 4.12. The van der Waals surface area contributed by atoms with Gasteiger partial charge in [-0.2, -0.15) is 49.6 Å². The van der Waals surface area contributed by atoms with Crippen LogP contribution in [0.3, 0.4) is 0 Å². The molecule has 0 fully saturated rings. The van der Waals surface area contributed by atoms with Gasteiger partial charge in [0.1, 0.15) is 0 Å². The average Bonchev–Trinajstić information content (AvgIpc) is 1.80. The first kappa shape index (κ1) is 10.4. The van der Waals surface area contributed by atoms with Gasteiger partial charge >= 0.3 is 0 Å². The Balaban J connectivity index is 2.75. The minimum atomic E-state index is 0.231. The maximum absolute atomic E-state index is 4.12. The molecule has 0 aromatic carbocycles. The monoisotopic (exact) mass is 200 g/mol. The van der Waals surface area contributed by atoms with Gasteiger partial charge in [0.15, 0.2) is 0 Å². The number of hydrogen-bond donors (Lipinski definition) is 3. The number of rotatable bonds is 5. The van der Waals surface area contributed by atoms with Crippen LogP contribution in [0.1, 0.15) is 6.42 Å². The highest BCUT2D eigenvalue weighted by Crippen LogP contribution is 2.11. The second kappa shape index (κ2) is 7.51. The first-order valence-electron chi connectivity index (χ1n) is 2.82. The van der Waals surface area contributed by atoms with E-state index in [1.165, 1.54) is 12.2 Å². The molecular formula is C5H12S4. The first-order valence-corrected chi connectivity index (χ1v) is 5.64. The molecule has 0 rings (SSSR count). The van der Waals surface area contributed by atoms with E-state index in [0.717, 1.165) is 11.5 Å². The minimum absolute atomic E-state index is 0.231. The van der Waals surface area contributed by atoms with E-state index in [0.29, 0.717) is 0 Å². The minimum Gasteiger partial charge on any atom is -0.179 e. The van der Waals surface area contributed by atoms with Crippen molar-refractivity contribution in [3.05, 3.63) is 0 Å². The van der Waals surface area contributed by atoms with Crippen molar-refractivity contribution in [3.63, 3.8) is 0 Å². The Morgan fingerprint density at radius 2 is 2.00 bits per heavy atom. The van der Waals surface area contributed by atoms with E-state index in [9.17, 15) is 0 Å². The van der Waals surface area contributed by atoms with E-state index in [-0.39, 0.29) is 4.58 Å². The average molecular weight is 200 g/mol. The Morgan fingerprint density at radius 3 is 2.44 bits per heavy atom. The van der Waals surface area contributed by atoms with Crippen LogP contribution in [0.2, 0.25) is 0 Å². The maximum Gasteiger partial charge on any atom is 0.0532 e. The van der Waals surface area contributed by atoms with E-state index in [2.05, 4.69) is 37.9 Å². The highest BCUT2D eigenvalue weighted by Gasteiger charge is 1.93. The van der Waals surface area contributed by atoms with Gasteiger partial charge in [0.05, 0.1) is 4.58 Å². The molecule has 0 aromatic heterocycles. The normalized spacial score (nSPS) is 10.7. The number of thioether (sulfide) groups is 1. The SMILES string of the molecule is SCCCSCC(S)S. The van der Waals surface area contributed by atoms with Crippen LogP contribution in [0.25, 0.3) is 0 Å². The lowest BCUT2D eigenvalue weighted by Crippen LogP contribution is -1.92. The fraction of sp³-hybridized carbons (Fsp3) is 1.00. The van der Waals surface area contributed by atoms with Gasteiger partial charge in [0.25, 0.3) is 0 Å². The second-order valence-corrected chi connectivity index (χ2v) is 4.88. The summed E-state index contributed by atoms with van der Waals surface area (Å²) in [6.07, 6.45) is 1.18. The summed E-state index contributed by atoms with van der Waals surface area (Å²) in [4.78, 5) is 0. The lowest BCUT2D eigenvalue weighted by Gasteiger charge is -2.00. The lowest BCUT2D eigenvalue weighted by atomic mass is 10.6. The Kier molecular flexibility index (Phi) is 8.67. The zero-order valence-corrected chi connectivity index (χ0v) is 8.66. The zero-order valence-electron chi connectivity index (χ0n) is 5.16. The third-order valence-corrected chi connectivity index (χ3v) is 3.04. The van der Waals surface area contributed by atoms with E-state index in [1.54, 1.807) is 0 Å². The van der Waals surface area contributed by atoms with Crippen LogP contribution in [0.5, 0.6) is 0 Å². The largest absolute Gasteiger partial charge is 0.179 e. The van der Waals surface area contributed by atoms with Crippen molar-refractivity contribution < 1.29 is 0 Å². The molecule has 0 saturated heterocycles. The van der Waals surface area contributed by atoms with E-state index < -0.39 is 0 Å². The van der Waals surface area contributed by atoms with Gasteiger partial charge in [-0.3, -0.25) is 0 Å². The van der Waals surface area contributed by atoms with Crippen LogP contribution in [0, 0.1) is 0 Å². The molecule has 0 saturated carbocycles. The van der Waals surface area contributed by atoms with Crippen molar-refractivity contribution in [3.8, 4) is 0 Å². The summed E-state index contributed by atoms with van der Waals surface area (Å²) in [5.74, 6) is 3.19. The van der Waals surface area contributed by atoms with E-state index >= 15 is 0 Å². The summed E-state index contributed by atoms with van der Waals surface area (Å²) in [7, 11) is 0. The Bertz CT molecular complexity index is 54.9. The van der Waals surface area contributed by atoms with Crippen LogP contribution in [0.15, 0.2) is 0 Å². The highest BCUT2D eigenvalue weighted by molar-refractivity contribution is 8.04. The quantitative estimate of drug-likeness (QED) is 0.347. The van der Waals surface area contributed by atoms with Crippen LogP contribution >= 0.6 is 49.6 Å². The van der Waals surface area contributed by atoms with Crippen molar-refractivity contribution in [2.24, 2.45) is 0 Å². The van der Waals surface area contributed by atoms with Crippen LogP contribution in [-0.2, 0) is 0 Å². The fourth-order valence-electron chi connectivity index (χ4n) is 0.355. The van der Waals surface area contributed by atoms with Gasteiger partial charge in [-0.25, -0.2) is 0 Å². The first-order chi connectivity index (χ1) is 4.27. The van der Waals surface area contributed by atoms with Gasteiger partial charge in [-0.05, 0) is 17.9 Å². The zero-order chi connectivity index (χ0) is 7.11. The summed E-state index contributed by atoms with van der Waals surface area (Å²) in [6, 6.07) is 0.